The molecule has 1 aromatic heterocycles. The second-order valence-corrected chi connectivity index (χ2v) is 6.60. The van der Waals surface area contributed by atoms with E-state index < -0.39 is 0 Å². The Kier molecular flexibility index (Phi) is 5.11. The number of halogens is 2. The molecule has 0 radical (unpaired) electrons. The number of hydrogen-bond acceptors (Lipinski definition) is 2. The van der Waals surface area contributed by atoms with Crippen LogP contribution in [-0.4, -0.2) is 22.9 Å². The Labute approximate surface area is 155 Å². The van der Waals surface area contributed by atoms with E-state index in [4.69, 9.17) is 23.2 Å². The molecule has 25 heavy (non-hydrogen) atoms. The molecule has 0 aliphatic heterocycles. The summed E-state index contributed by atoms with van der Waals surface area (Å²) in [4.78, 5) is 24.4. The van der Waals surface area contributed by atoms with E-state index in [1.807, 2.05) is 24.3 Å². The molecule has 1 N–H and O–H groups in total. The van der Waals surface area contributed by atoms with Gasteiger partial charge in [0.15, 0.2) is 0 Å². The Morgan fingerprint density at radius 2 is 1.84 bits per heavy atom. The summed E-state index contributed by atoms with van der Waals surface area (Å²) in [6.45, 7) is 1.92. The molecule has 1 amide bonds. The third-order valence-electron chi connectivity index (χ3n) is 3.94. The van der Waals surface area contributed by atoms with Gasteiger partial charge in [0.1, 0.15) is 0 Å². The van der Waals surface area contributed by atoms with E-state index in [1.165, 1.54) is 11.5 Å². The zero-order chi connectivity index (χ0) is 18.0. The van der Waals surface area contributed by atoms with Crippen LogP contribution in [0.5, 0.6) is 0 Å². The topological polar surface area (TPSA) is 51.1 Å². The van der Waals surface area contributed by atoms with Crippen LogP contribution in [0.1, 0.15) is 27.6 Å². The fourth-order valence-electron chi connectivity index (χ4n) is 2.75. The minimum atomic E-state index is -0.227. The molecule has 0 unspecified atom stereocenters. The first-order valence-electron chi connectivity index (χ1n) is 7.80. The van der Waals surface area contributed by atoms with Gasteiger partial charge in [0.2, 0.25) is 5.91 Å². The molecular formula is C19H16Cl2N2O2. The van der Waals surface area contributed by atoms with Gasteiger partial charge in [-0.25, -0.2) is 0 Å². The normalized spacial score (nSPS) is 10.8. The van der Waals surface area contributed by atoms with Crippen LogP contribution in [0, 0.1) is 0 Å². The van der Waals surface area contributed by atoms with Gasteiger partial charge in [-0.2, -0.15) is 0 Å². The highest BCUT2D eigenvalue weighted by Crippen LogP contribution is 2.25. The first-order valence-corrected chi connectivity index (χ1v) is 8.55. The van der Waals surface area contributed by atoms with Crippen LogP contribution in [0.25, 0.3) is 10.9 Å². The lowest BCUT2D eigenvalue weighted by atomic mass is 10.1. The quantitative estimate of drug-likeness (QED) is 0.726. The third-order valence-corrected chi connectivity index (χ3v) is 4.41. The summed E-state index contributed by atoms with van der Waals surface area (Å²) in [5, 5.41) is 4.77. The minimum Gasteiger partial charge on any atom is -0.352 e. The number of nitrogens with one attached hydrogen (secondary N) is 1. The predicted octanol–water partition coefficient (Wildman–Crippen LogP) is 4.58. The summed E-state index contributed by atoms with van der Waals surface area (Å²) in [5.41, 5.74) is 2.12. The molecule has 1 heterocycles. The number of amides is 1. The van der Waals surface area contributed by atoms with Crippen molar-refractivity contribution in [3.63, 3.8) is 0 Å². The number of rotatable bonds is 4. The average molecular weight is 375 g/mol. The molecular weight excluding hydrogens is 359 g/mol. The molecule has 0 atom stereocenters. The summed E-state index contributed by atoms with van der Waals surface area (Å²) < 4.78 is 1.44. The van der Waals surface area contributed by atoms with Crippen molar-refractivity contribution in [2.75, 3.05) is 6.54 Å². The zero-order valence-electron chi connectivity index (χ0n) is 13.6. The molecule has 0 saturated carbocycles. The van der Waals surface area contributed by atoms with Crippen LogP contribution in [0.15, 0.2) is 48.7 Å². The molecule has 0 bridgehead atoms. The van der Waals surface area contributed by atoms with E-state index >= 15 is 0 Å². The molecule has 6 heteroatoms. The molecule has 0 saturated heterocycles. The van der Waals surface area contributed by atoms with E-state index in [9.17, 15) is 9.59 Å². The number of carbonyl (C=O) groups is 2. The van der Waals surface area contributed by atoms with Crippen molar-refractivity contribution in [3.05, 3.63) is 69.8 Å². The second kappa shape index (κ2) is 7.30. The molecule has 0 fully saturated rings. The standard InChI is InChI=1S/C19H16Cl2N2O2/c1-12(24)23-11-17(16-6-5-15(21)10-18(16)23)19(25)22-8-7-13-3-2-4-14(20)9-13/h2-6,9-11H,7-8H2,1H3,(H,22,25). The fraction of sp³-hybridized carbons (Fsp3) is 0.158. The van der Waals surface area contributed by atoms with Gasteiger partial charge in [-0.3, -0.25) is 14.2 Å². The van der Waals surface area contributed by atoms with Crippen molar-refractivity contribution in [1.29, 1.82) is 0 Å². The molecule has 2 aromatic carbocycles. The summed E-state index contributed by atoms with van der Waals surface area (Å²) in [5.74, 6) is -0.403. The molecule has 3 aromatic rings. The monoisotopic (exact) mass is 374 g/mol. The Bertz CT molecular complexity index is 963. The van der Waals surface area contributed by atoms with Crippen molar-refractivity contribution in [2.45, 2.75) is 13.3 Å². The maximum absolute atomic E-state index is 12.5. The number of nitrogens with zero attached hydrogens (tertiary/aromatic N) is 1. The van der Waals surface area contributed by atoms with Gasteiger partial charge in [0, 0.05) is 35.1 Å². The van der Waals surface area contributed by atoms with Crippen molar-refractivity contribution in [2.24, 2.45) is 0 Å². The Morgan fingerprint density at radius 3 is 2.56 bits per heavy atom. The predicted molar refractivity (Wildman–Crippen MR) is 101 cm³/mol. The van der Waals surface area contributed by atoms with Gasteiger partial charge in [0.05, 0.1) is 11.1 Å². The lowest BCUT2D eigenvalue weighted by Gasteiger charge is -2.05. The van der Waals surface area contributed by atoms with Crippen LogP contribution in [-0.2, 0) is 6.42 Å². The van der Waals surface area contributed by atoms with Crippen LogP contribution >= 0.6 is 23.2 Å². The molecule has 3 rings (SSSR count). The van der Waals surface area contributed by atoms with Crippen LogP contribution in [0.2, 0.25) is 10.0 Å². The minimum absolute atomic E-state index is 0.176. The van der Waals surface area contributed by atoms with Crippen molar-refractivity contribution in [3.8, 4) is 0 Å². The van der Waals surface area contributed by atoms with E-state index in [0.717, 1.165) is 5.56 Å². The average Bonchev–Trinajstić information content (AvgIpc) is 2.93. The molecule has 4 nitrogen and oxygen atoms in total. The largest absolute Gasteiger partial charge is 0.352 e. The van der Waals surface area contributed by atoms with Crippen LogP contribution in [0.4, 0.5) is 0 Å². The zero-order valence-corrected chi connectivity index (χ0v) is 15.1. The van der Waals surface area contributed by atoms with E-state index in [-0.39, 0.29) is 11.8 Å². The first-order chi connectivity index (χ1) is 12.0. The van der Waals surface area contributed by atoms with Gasteiger partial charge >= 0.3 is 0 Å². The number of aromatic nitrogens is 1. The SMILES string of the molecule is CC(=O)n1cc(C(=O)NCCc2cccc(Cl)c2)c2ccc(Cl)cc21. The number of carbonyl (C=O) groups excluding carboxylic acids is 2. The fourth-order valence-corrected chi connectivity index (χ4v) is 3.13. The van der Waals surface area contributed by atoms with Crippen molar-refractivity contribution in [1.82, 2.24) is 9.88 Å². The molecule has 128 valence electrons. The summed E-state index contributed by atoms with van der Waals surface area (Å²) >= 11 is 12.0. The molecule has 0 aliphatic carbocycles. The number of benzene rings is 2. The first kappa shape index (κ1) is 17.5. The lowest BCUT2D eigenvalue weighted by Crippen LogP contribution is -2.25. The summed E-state index contributed by atoms with van der Waals surface area (Å²) in [6, 6.07) is 12.7. The van der Waals surface area contributed by atoms with Gasteiger partial charge in [-0.1, -0.05) is 41.4 Å². The summed E-state index contributed by atoms with van der Waals surface area (Å²) in [6.07, 6.45) is 2.22. The van der Waals surface area contributed by atoms with Crippen LogP contribution in [0.3, 0.4) is 0 Å². The number of hydrogen-bond donors (Lipinski definition) is 1. The highest BCUT2D eigenvalue weighted by Gasteiger charge is 2.16. The molecule has 0 aliphatic rings. The second-order valence-electron chi connectivity index (χ2n) is 5.73. The van der Waals surface area contributed by atoms with Gasteiger partial charge in [0.25, 0.3) is 5.91 Å². The van der Waals surface area contributed by atoms with Gasteiger partial charge < -0.3 is 5.32 Å². The maximum atomic E-state index is 12.5. The van der Waals surface area contributed by atoms with E-state index in [1.54, 1.807) is 24.4 Å². The Morgan fingerprint density at radius 1 is 1.08 bits per heavy atom. The maximum Gasteiger partial charge on any atom is 0.253 e. The van der Waals surface area contributed by atoms with E-state index in [2.05, 4.69) is 5.32 Å². The Balaban J connectivity index is 1.79. The molecule has 0 spiro atoms. The smallest absolute Gasteiger partial charge is 0.253 e. The lowest BCUT2D eigenvalue weighted by molar-refractivity contribution is 0.0941. The van der Waals surface area contributed by atoms with Gasteiger partial charge in [-0.15, -0.1) is 0 Å². The highest BCUT2D eigenvalue weighted by atomic mass is 35.5. The highest BCUT2D eigenvalue weighted by molar-refractivity contribution is 6.31. The third kappa shape index (κ3) is 3.86. The van der Waals surface area contributed by atoms with E-state index in [0.29, 0.717) is 39.5 Å². The Hall–Kier alpha value is -2.30. The summed E-state index contributed by atoms with van der Waals surface area (Å²) in [7, 11) is 0. The van der Waals surface area contributed by atoms with Crippen molar-refractivity contribution >= 4 is 45.9 Å². The van der Waals surface area contributed by atoms with Gasteiger partial charge in [-0.05, 0) is 36.2 Å². The number of fused-ring (bicyclic) bond motifs is 1. The van der Waals surface area contributed by atoms with Crippen molar-refractivity contribution < 1.29 is 9.59 Å². The van der Waals surface area contributed by atoms with Crippen LogP contribution < -0.4 is 5.32 Å².